The van der Waals surface area contributed by atoms with Gasteiger partial charge in [-0.2, -0.15) is 0 Å². The van der Waals surface area contributed by atoms with E-state index in [0.717, 1.165) is 25.3 Å². The summed E-state index contributed by atoms with van der Waals surface area (Å²) in [6.45, 7) is 5.05. The van der Waals surface area contributed by atoms with Gasteiger partial charge in [0.1, 0.15) is 11.9 Å². The number of benzene rings is 1. The van der Waals surface area contributed by atoms with E-state index in [2.05, 4.69) is 10.2 Å². The van der Waals surface area contributed by atoms with Crippen molar-refractivity contribution in [1.82, 2.24) is 10.2 Å². The Bertz CT molecular complexity index is 477. The molecule has 2 N–H and O–H groups in total. The maximum absolute atomic E-state index is 12.4. The van der Waals surface area contributed by atoms with Crippen molar-refractivity contribution in [3.8, 4) is 5.75 Å². The predicted octanol–water partition coefficient (Wildman–Crippen LogP) is 0.0292. The zero-order chi connectivity index (χ0) is 14.7. The fourth-order valence-electron chi connectivity index (χ4n) is 2.78. The molecule has 6 heteroatoms. The van der Waals surface area contributed by atoms with Gasteiger partial charge < -0.3 is 25.0 Å². The molecule has 3 rings (SSSR count). The summed E-state index contributed by atoms with van der Waals surface area (Å²) >= 11 is 0. The lowest BCUT2D eigenvalue weighted by atomic mass is 10.2. The summed E-state index contributed by atoms with van der Waals surface area (Å²) in [4.78, 5) is 16.5. The predicted molar refractivity (Wildman–Crippen MR) is 79.5 cm³/mol. The number of hydrogen-bond donors (Lipinski definition) is 2. The zero-order valence-corrected chi connectivity index (χ0v) is 12.0. The van der Waals surface area contributed by atoms with E-state index in [4.69, 9.17) is 4.74 Å². The first-order valence-electron chi connectivity index (χ1n) is 7.39. The van der Waals surface area contributed by atoms with Crippen LogP contribution in [-0.2, 0) is 9.53 Å². The van der Waals surface area contributed by atoms with E-state index in [-0.39, 0.29) is 17.8 Å². The highest BCUT2D eigenvalue weighted by atomic mass is 16.5. The van der Waals surface area contributed by atoms with Gasteiger partial charge in [-0.05, 0) is 24.3 Å². The lowest BCUT2D eigenvalue weighted by Crippen LogP contribution is -2.55. The van der Waals surface area contributed by atoms with Crippen molar-refractivity contribution in [2.24, 2.45) is 0 Å². The van der Waals surface area contributed by atoms with Crippen LogP contribution in [0.4, 0.5) is 5.69 Å². The number of ether oxygens (including phenoxy) is 1. The van der Waals surface area contributed by atoms with Crippen molar-refractivity contribution in [3.63, 3.8) is 0 Å². The van der Waals surface area contributed by atoms with Gasteiger partial charge in [-0.15, -0.1) is 0 Å². The van der Waals surface area contributed by atoms with Gasteiger partial charge in [0, 0.05) is 45.0 Å². The Labute approximate surface area is 124 Å². The number of nitrogens with zero attached hydrogens (tertiary/aromatic N) is 2. The highest BCUT2D eigenvalue weighted by Gasteiger charge is 2.29. The van der Waals surface area contributed by atoms with Crippen LogP contribution in [0, 0.1) is 0 Å². The van der Waals surface area contributed by atoms with Gasteiger partial charge in [0.25, 0.3) is 5.91 Å². The van der Waals surface area contributed by atoms with E-state index >= 15 is 0 Å². The van der Waals surface area contributed by atoms with Crippen LogP contribution in [0.2, 0.25) is 0 Å². The Balaban J connectivity index is 1.54. The van der Waals surface area contributed by atoms with Crippen LogP contribution in [0.15, 0.2) is 24.3 Å². The smallest absolute Gasteiger partial charge is 0.253 e. The van der Waals surface area contributed by atoms with Gasteiger partial charge in [-0.1, -0.05) is 0 Å². The summed E-state index contributed by atoms with van der Waals surface area (Å²) in [5, 5.41) is 12.5. The van der Waals surface area contributed by atoms with Crippen LogP contribution in [0.1, 0.15) is 0 Å². The molecule has 1 unspecified atom stereocenters. The second kappa shape index (κ2) is 6.32. The van der Waals surface area contributed by atoms with Gasteiger partial charge in [0.05, 0.1) is 6.61 Å². The summed E-state index contributed by atoms with van der Waals surface area (Å²) in [6.07, 6.45) is -0.334. The molecule has 2 aliphatic heterocycles. The normalized spacial score (nSPS) is 23.1. The highest BCUT2D eigenvalue weighted by molar-refractivity contribution is 5.81. The molecule has 0 spiro atoms. The topological polar surface area (TPSA) is 65.0 Å². The minimum atomic E-state index is -0.334. The largest absolute Gasteiger partial charge is 0.508 e. The number of morpholine rings is 1. The molecule has 114 valence electrons. The molecule has 2 fully saturated rings. The number of hydrogen-bond acceptors (Lipinski definition) is 5. The van der Waals surface area contributed by atoms with Gasteiger partial charge >= 0.3 is 0 Å². The third-order valence-corrected chi connectivity index (χ3v) is 4.01. The number of aromatic hydroxyl groups is 1. The molecule has 1 amide bonds. The molecule has 1 aromatic carbocycles. The maximum atomic E-state index is 12.4. The standard InChI is InChI=1S/C15H21N3O3/c19-13-3-1-12(2-4-13)17-6-8-18(9-7-17)15(20)14-11-16-5-10-21-14/h1-4,14,16,19H,5-11H2. The van der Waals surface area contributed by atoms with Crippen LogP contribution in [-0.4, -0.2) is 67.9 Å². The van der Waals surface area contributed by atoms with Crippen molar-refractivity contribution in [1.29, 1.82) is 0 Å². The molecule has 2 aliphatic rings. The molecular formula is C15H21N3O3. The van der Waals surface area contributed by atoms with Crippen LogP contribution < -0.4 is 10.2 Å². The number of nitrogens with one attached hydrogen (secondary N) is 1. The molecule has 2 saturated heterocycles. The van der Waals surface area contributed by atoms with Gasteiger partial charge in [-0.25, -0.2) is 0 Å². The van der Waals surface area contributed by atoms with Crippen LogP contribution in [0.25, 0.3) is 0 Å². The lowest BCUT2D eigenvalue weighted by Gasteiger charge is -2.38. The third kappa shape index (κ3) is 3.28. The van der Waals surface area contributed by atoms with Crippen molar-refractivity contribution in [2.45, 2.75) is 6.10 Å². The Morgan fingerprint density at radius 1 is 1.19 bits per heavy atom. The molecular weight excluding hydrogens is 270 g/mol. The summed E-state index contributed by atoms with van der Waals surface area (Å²) in [7, 11) is 0. The summed E-state index contributed by atoms with van der Waals surface area (Å²) in [6, 6.07) is 7.19. The van der Waals surface area contributed by atoms with Gasteiger partial charge in [0.2, 0.25) is 0 Å². The fraction of sp³-hybridized carbons (Fsp3) is 0.533. The summed E-state index contributed by atoms with van der Waals surface area (Å²) in [5.74, 6) is 0.363. The first kappa shape index (κ1) is 14.2. The van der Waals surface area contributed by atoms with Crippen LogP contribution in [0.5, 0.6) is 5.75 Å². The van der Waals surface area contributed by atoms with Crippen molar-refractivity contribution < 1.29 is 14.6 Å². The fourth-order valence-corrected chi connectivity index (χ4v) is 2.78. The minimum Gasteiger partial charge on any atom is -0.508 e. The first-order valence-corrected chi connectivity index (χ1v) is 7.39. The molecule has 0 bridgehead atoms. The number of anilines is 1. The maximum Gasteiger partial charge on any atom is 0.253 e. The summed E-state index contributed by atoms with van der Waals surface area (Å²) in [5.41, 5.74) is 1.08. The molecule has 21 heavy (non-hydrogen) atoms. The van der Waals surface area contributed by atoms with E-state index in [1.807, 2.05) is 17.0 Å². The Kier molecular flexibility index (Phi) is 4.26. The highest BCUT2D eigenvalue weighted by Crippen LogP contribution is 2.20. The zero-order valence-electron chi connectivity index (χ0n) is 12.0. The number of carbonyl (C=O) groups is 1. The van der Waals surface area contributed by atoms with E-state index in [1.165, 1.54) is 0 Å². The number of phenols is 1. The van der Waals surface area contributed by atoms with Crippen LogP contribution in [0.3, 0.4) is 0 Å². The molecule has 1 aromatic rings. The number of carbonyl (C=O) groups excluding carboxylic acids is 1. The second-order valence-corrected chi connectivity index (χ2v) is 5.39. The number of piperazine rings is 1. The number of phenolic OH excluding ortho intramolecular Hbond substituents is 1. The SMILES string of the molecule is O=C(C1CNCCO1)N1CCN(c2ccc(O)cc2)CC1. The van der Waals surface area contributed by atoms with E-state index in [0.29, 0.717) is 26.2 Å². The number of rotatable bonds is 2. The van der Waals surface area contributed by atoms with Crippen molar-refractivity contribution in [3.05, 3.63) is 24.3 Å². The average molecular weight is 291 g/mol. The quantitative estimate of drug-likeness (QED) is 0.805. The molecule has 6 nitrogen and oxygen atoms in total. The minimum absolute atomic E-state index is 0.0903. The van der Waals surface area contributed by atoms with E-state index < -0.39 is 0 Å². The molecule has 0 saturated carbocycles. The molecule has 0 aliphatic carbocycles. The van der Waals surface area contributed by atoms with E-state index in [1.54, 1.807) is 12.1 Å². The van der Waals surface area contributed by atoms with Crippen LogP contribution >= 0.6 is 0 Å². The molecule has 2 heterocycles. The van der Waals surface area contributed by atoms with Crippen molar-refractivity contribution >= 4 is 11.6 Å². The monoisotopic (exact) mass is 291 g/mol. The summed E-state index contributed by atoms with van der Waals surface area (Å²) < 4.78 is 5.52. The third-order valence-electron chi connectivity index (χ3n) is 4.01. The van der Waals surface area contributed by atoms with Gasteiger partial charge in [-0.3, -0.25) is 4.79 Å². The Morgan fingerprint density at radius 3 is 2.52 bits per heavy atom. The Morgan fingerprint density at radius 2 is 1.90 bits per heavy atom. The van der Waals surface area contributed by atoms with Crippen molar-refractivity contribution in [2.75, 3.05) is 50.8 Å². The molecule has 0 radical (unpaired) electrons. The van der Waals surface area contributed by atoms with E-state index in [9.17, 15) is 9.90 Å². The molecule has 0 aromatic heterocycles. The second-order valence-electron chi connectivity index (χ2n) is 5.39. The lowest BCUT2D eigenvalue weighted by molar-refractivity contribution is -0.145. The van der Waals surface area contributed by atoms with Gasteiger partial charge in [0.15, 0.2) is 0 Å². The first-order chi connectivity index (χ1) is 10.2. The molecule has 1 atom stereocenters. The Hall–Kier alpha value is -1.79. The number of amides is 1. The average Bonchev–Trinajstić information content (AvgIpc) is 2.56.